The van der Waals surface area contributed by atoms with E-state index in [1.165, 1.54) is 12.1 Å². The van der Waals surface area contributed by atoms with E-state index in [9.17, 15) is 38.2 Å². The molecule has 0 radical (unpaired) electrons. The molecule has 0 unspecified atom stereocenters. The number of non-ortho nitro benzene ring substituents is 2. The van der Waals surface area contributed by atoms with Gasteiger partial charge in [0.1, 0.15) is 0 Å². The van der Waals surface area contributed by atoms with E-state index in [-0.39, 0.29) is 32.5 Å². The van der Waals surface area contributed by atoms with Crippen LogP contribution in [0.5, 0.6) is 0 Å². The van der Waals surface area contributed by atoms with Gasteiger partial charge in [-0.2, -0.15) is 0 Å². The van der Waals surface area contributed by atoms with Gasteiger partial charge in [0, 0.05) is 29.7 Å². The smallest absolute Gasteiger partial charge is 0.270 e. The molecule has 1 aliphatic rings. The molecule has 1 aliphatic heterocycles. The molecule has 33 heavy (non-hydrogen) atoms. The van der Waals surface area contributed by atoms with Crippen LogP contribution < -0.4 is 4.90 Å². The zero-order valence-corrected chi connectivity index (χ0v) is 17.3. The highest BCUT2D eigenvalue weighted by molar-refractivity contribution is 7.91. The van der Waals surface area contributed by atoms with Crippen LogP contribution in [0.1, 0.15) is 20.7 Å². The number of nitrogens with zero attached hydrogens (tertiary/aromatic N) is 3. The third-order valence-electron chi connectivity index (χ3n) is 5.12. The first-order chi connectivity index (χ1) is 15.5. The van der Waals surface area contributed by atoms with E-state index in [0.29, 0.717) is 4.90 Å². The maximum absolute atomic E-state index is 13.2. The van der Waals surface area contributed by atoms with Crippen LogP contribution in [0.25, 0.3) is 10.8 Å². The molecular formula is C20H13N3O9S. The molecule has 13 heteroatoms. The van der Waals surface area contributed by atoms with Crippen molar-refractivity contribution in [1.29, 1.82) is 0 Å². The Morgan fingerprint density at radius 2 is 1.33 bits per heavy atom. The molecule has 1 heterocycles. The third kappa shape index (κ3) is 3.58. The predicted molar refractivity (Wildman–Crippen MR) is 114 cm³/mol. The highest BCUT2D eigenvalue weighted by Gasteiger charge is 2.37. The SMILES string of the molecule is O=C1c2cc([N+](=O)[O-])cc3cc([N+](=O)[O-])cc(c23)C(=O)N1c1ccc(S(=O)(=O)CCO)cc1. The molecule has 0 aromatic heterocycles. The Morgan fingerprint density at radius 1 is 0.848 bits per heavy atom. The van der Waals surface area contributed by atoms with Gasteiger partial charge in [-0.1, -0.05) is 0 Å². The van der Waals surface area contributed by atoms with Crippen molar-refractivity contribution in [1.82, 2.24) is 0 Å². The summed E-state index contributed by atoms with van der Waals surface area (Å²) in [6, 6.07) is 8.74. The largest absolute Gasteiger partial charge is 0.395 e. The topological polar surface area (TPSA) is 178 Å². The number of nitro benzene ring substituents is 2. The van der Waals surface area contributed by atoms with Crippen molar-refractivity contribution < 1.29 is 33.0 Å². The number of anilines is 1. The first-order valence-electron chi connectivity index (χ1n) is 9.28. The summed E-state index contributed by atoms with van der Waals surface area (Å²) >= 11 is 0. The molecule has 0 saturated carbocycles. The molecule has 0 saturated heterocycles. The molecule has 0 aliphatic carbocycles. The molecule has 3 aromatic rings. The normalized spacial score (nSPS) is 13.4. The molecular weight excluding hydrogens is 458 g/mol. The van der Waals surface area contributed by atoms with Crippen LogP contribution in [0.4, 0.5) is 17.1 Å². The van der Waals surface area contributed by atoms with Crippen LogP contribution in [0.15, 0.2) is 53.4 Å². The van der Waals surface area contributed by atoms with Crippen molar-refractivity contribution in [3.05, 3.63) is 79.9 Å². The number of hydrogen-bond acceptors (Lipinski definition) is 9. The zero-order chi connectivity index (χ0) is 24.1. The average molecular weight is 471 g/mol. The van der Waals surface area contributed by atoms with E-state index in [1.807, 2.05) is 0 Å². The minimum atomic E-state index is -3.78. The van der Waals surface area contributed by atoms with Gasteiger partial charge in [0.15, 0.2) is 9.84 Å². The van der Waals surface area contributed by atoms with Gasteiger partial charge in [-0.25, -0.2) is 13.3 Å². The second-order valence-corrected chi connectivity index (χ2v) is 9.19. The van der Waals surface area contributed by atoms with Crippen LogP contribution in [-0.2, 0) is 9.84 Å². The lowest BCUT2D eigenvalue weighted by molar-refractivity contribution is -0.385. The standard InChI is InChI=1S/C20H13N3O9S/c24-5-6-33(31,32)15-3-1-12(2-4-15)21-19(25)16-9-13(22(27)28)7-11-8-14(23(29)30)10-17(18(11)16)20(21)26/h1-4,7-10,24H,5-6H2. The number of amides is 2. The summed E-state index contributed by atoms with van der Waals surface area (Å²) in [5.74, 6) is -2.32. The number of rotatable bonds is 6. The highest BCUT2D eigenvalue weighted by atomic mass is 32.2. The van der Waals surface area contributed by atoms with E-state index >= 15 is 0 Å². The van der Waals surface area contributed by atoms with Gasteiger partial charge in [-0.05, 0) is 29.7 Å². The molecule has 12 nitrogen and oxygen atoms in total. The third-order valence-corrected chi connectivity index (χ3v) is 6.83. The van der Waals surface area contributed by atoms with Gasteiger partial charge in [-0.3, -0.25) is 29.8 Å². The van der Waals surface area contributed by atoms with E-state index in [2.05, 4.69) is 0 Å². The zero-order valence-electron chi connectivity index (χ0n) is 16.5. The first-order valence-corrected chi connectivity index (χ1v) is 10.9. The summed E-state index contributed by atoms with van der Waals surface area (Å²) in [5.41, 5.74) is -1.40. The Morgan fingerprint density at radius 3 is 1.76 bits per heavy atom. The minimum absolute atomic E-state index is 0.00445. The molecule has 0 bridgehead atoms. The number of benzene rings is 3. The molecule has 3 aromatic carbocycles. The Bertz CT molecular complexity index is 1410. The maximum atomic E-state index is 13.2. The van der Waals surface area contributed by atoms with Crippen molar-refractivity contribution in [2.45, 2.75) is 4.90 Å². The number of aliphatic hydroxyl groups is 1. The lowest BCUT2D eigenvalue weighted by Crippen LogP contribution is -2.40. The molecule has 4 rings (SSSR count). The Labute approximate surface area is 184 Å². The van der Waals surface area contributed by atoms with Gasteiger partial charge in [0.05, 0.1) is 43.9 Å². The van der Waals surface area contributed by atoms with Crippen LogP contribution in [0.3, 0.4) is 0 Å². The van der Waals surface area contributed by atoms with Crippen molar-refractivity contribution in [2.75, 3.05) is 17.3 Å². The van der Waals surface area contributed by atoms with E-state index in [0.717, 1.165) is 36.4 Å². The van der Waals surface area contributed by atoms with Crippen LogP contribution in [0, 0.1) is 20.2 Å². The van der Waals surface area contributed by atoms with E-state index < -0.39 is 55.2 Å². The molecule has 0 spiro atoms. The van der Waals surface area contributed by atoms with Gasteiger partial charge in [0.25, 0.3) is 23.2 Å². The molecule has 168 valence electrons. The van der Waals surface area contributed by atoms with Crippen LogP contribution in [0.2, 0.25) is 0 Å². The van der Waals surface area contributed by atoms with Gasteiger partial charge in [-0.15, -0.1) is 0 Å². The van der Waals surface area contributed by atoms with Crippen molar-refractivity contribution in [2.24, 2.45) is 0 Å². The number of hydrogen-bond donors (Lipinski definition) is 1. The average Bonchev–Trinajstić information content (AvgIpc) is 2.77. The summed E-state index contributed by atoms with van der Waals surface area (Å²) < 4.78 is 24.2. The van der Waals surface area contributed by atoms with Crippen LogP contribution in [-0.4, -0.2) is 47.5 Å². The summed E-state index contributed by atoms with van der Waals surface area (Å²) in [6.45, 7) is -0.592. The maximum Gasteiger partial charge on any atom is 0.270 e. The number of imide groups is 1. The van der Waals surface area contributed by atoms with Gasteiger partial charge >= 0.3 is 0 Å². The summed E-state index contributed by atoms with van der Waals surface area (Å²) in [5, 5.41) is 31.7. The number of sulfone groups is 1. The Balaban J connectivity index is 1.91. The van der Waals surface area contributed by atoms with E-state index in [4.69, 9.17) is 5.11 Å². The number of nitro groups is 2. The predicted octanol–water partition coefficient (Wildman–Crippen LogP) is 2.22. The fourth-order valence-corrected chi connectivity index (χ4v) is 4.67. The van der Waals surface area contributed by atoms with E-state index in [1.54, 1.807) is 0 Å². The molecule has 0 atom stereocenters. The summed E-state index contributed by atoms with van der Waals surface area (Å²) in [4.78, 5) is 48.1. The Hall–Kier alpha value is -4.23. The number of carbonyl (C=O) groups excluding carboxylic acids is 2. The number of carbonyl (C=O) groups is 2. The second kappa shape index (κ2) is 7.72. The quantitative estimate of drug-likeness (QED) is 0.320. The molecule has 0 fully saturated rings. The second-order valence-electron chi connectivity index (χ2n) is 7.08. The lowest BCUT2D eigenvalue weighted by atomic mass is 9.92. The van der Waals surface area contributed by atoms with Crippen molar-refractivity contribution in [3.8, 4) is 0 Å². The minimum Gasteiger partial charge on any atom is -0.395 e. The Kier molecular flexibility index (Phi) is 5.14. The summed E-state index contributed by atoms with van der Waals surface area (Å²) in [6.07, 6.45) is 0. The lowest BCUT2D eigenvalue weighted by Gasteiger charge is -2.27. The van der Waals surface area contributed by atoms with Crippen molar-refractivity contribution in [3.63, 3.8) is 0 Å². The van der Waals surface area contributed by atoms with Crippen LogP contribution >= 0.6 is 0 Å². The first kappa shape index (κ1) is 22.0. The van der Waals surface area contributed by atoms with Gasteiger partial charge < -0.3 is 5.11 Å². The molecule has 2 amide bonds. The highest BCUT2D eigenvalue weighted by Crippen LogP contribution is 2.38. The van der Waals surface area contributed by atoms with Crippen molar-refractivity contribution >= 4 is 49.5 Å². The summed E-state index contributed by atoms with van der Waals surface area (Å²) in [7, 11) is -3.78. The fraction of sp³-hybridized carbons (Fsp3) is 0.100. The van der Waals surface area contributed by atoms with Gasteiger partial charge in [0.2, 0.25) is 0 Å². The fourth-order valence-electron chi connectivity index (χ4n) is 3.64. The monoisotopic (exact) mass is 471 g/mol. The number of aliphatic hydroxyl groups excluding tert-OH is 1. The molecule has 1 N–H and O–H groups in total.